The molecule has 5 nitrogen and oxygen atoms in total. The number of amides is 1. The zero-order valence-corrected chi connectivity index (χ0v) is 10.7. The van der Waals surface area contributed by atoms with Crippen LogP contribution in [-0.4, -0.2) is 47.6 Å². The number of rotatable bonds is 2. The number of hydrogen-bond acceptors (Lipinski definition) is 3. The van der Waals surface area contributed by atoms with Gasteiger partial charge in [0, 0.05) is 13.1 Å². The summed E-state index contributed by atoms with van der Waals surface area (Å²) < 4.78 is 0. The normalized spacial score (nSPS) is 29.7. The summed E-state index contributed by atoms with van der Waals surface area (Å²) in [4.78, 5) is 25.4. The maximum absolute atomic E-state index is 12.4. The lowest BCUT2D eigenvalue weighted by atomic mass is 9.97. The largest absolute Gasteiger partial charge is 0.480 e. The molecule has 0 saturated carbocycles. The van der Waals surface area contributed by atoms with Gasteiger partial charge in [0.1, 0.15) is 6.04 Å². The Morgan fingerprint density at radius 1 is 1.11 bits per heavy atom. The zero-order chi connectivity index (χ0) is 13.0. The van der Waals surface area contributed by atoms with Gasteiger partial charge in [0.15, 0.2) is 0 Å². The Balaban J connectivity index is 2.06. The monoisotopic (exact) mass is 254 g/mol. The predicted octanol–water partition coefficient (Wildman–Crippen LogP) is 0.842. The number of carbonyl (C=O) groups is 2. The minimum absolute atomic E-state index is 0.0290. The van der Waals surface area contributed by atoms with Crippen LogP contribution in [0.15, 0.2) is 0 Å². The molecule has 2 saturated heterocycles. The lowest BCUT2D eigenvalue weighted by Gasteiger charge is -2.32. The number of carbonyl (C=O) groups excluding carboxylic acids is 1. The van der Waals surface area contributed by atoms with Crippen molar-refractivity contribution in [3.05, 3.63) is 0 Å². The maximum atomic E-state index is 12.4. The second kappa shape index (κ2) is 6.18. The van der Waals surface area contributed by atoms with E-state index in [1.807, 2.05) is 0 Å². The molecule has 2 rings (SSSR count). The van der Waals surface area contributed by atoms with Crippen LogP contribution in [0.2, 0.25) is 0 Å². The third-order valence-corrected chi connectivity index (χ3v) is 3.97. The van der Waals surface area contributed by atoms with Crippen molar-refractivity contribution in [2.45, 2.75) is 44.6 Å². The minimum atomic E-state index is -0.853. The second-order valence-corrected chi connectivity index (χ2v) is 5.28. The fourth-order valence-electron chi connectivity index (χ4n) is 2.93. The van der Waals surface area contributed by atoms with Crippen LogP contribution in [0.4, 0.5) is 0 Å². The molecule has 102 valence electrons. The van der Waals surface area contributed by atoms with Gasteiger partial charge in [-0.2, -0.15) is 0 Å². The summed E-state index contributed by atoms with van der Waals surface area (Å²) in [7, 11) is 0. The third kappa shape index (κ3) is 3.02. The second-order valence-electron chi connectivity index (χ2n) is 5.28. The fraction of sp³-hybridized carbons (Fsp3) is 0.846. The van der Waals surface area contributed by atoms with Gasteiger partial charge in [-0.05, 0) is 32.2 Å². The van der Waals surface area contributed by atoms with Crippen LogP contribution in [0.1, 0.15) is 38.5 Å². The maximum Gasteiger partial charge on any atom is 0.326 e. The van der Waals surface area contributed by atoms with Gasteiger partial charge in [-0.25, -0.2) is 4.79 Å². The van der Waals surface area contributed by atoms with Crippen molar-refractivity contribution in [2.24, 2.45) is 5.92 Å². The van der Waals surface area contributed by atoms with Crippen LogP contribution in [0.5, 0.6) is 0 Å². The summed E-state index contributed by atoms with van der Waals surface area (Å²) >= 11 is 0. The summed E-state index contributed by atoms with van der Waals surface area (Å²) in [6.07, 6.45) is 5.34. The molecule has 0 radical (unpaired) electrons. The Hall–Kier alpha value is -1.10. The van der Waals surface area contributed by atoms with E-state index in [-0.39, 0.29) is 11.8 Å². The van der Waals surface area contributed by atoms with Crippen LogP contribution in [0.25, 0.3) is 0 Å². The van der Waals surface area contributed by atoms with E-state index in [0.29, 0.717) is 19.5 Å². The van der Waals surface area contributed by atoms with Gasteiger partial charge < -0.3 is 15.3 Å². The average Bonchev–Trinajstić information content (AvgIpc) is 2.64. The first-order valence-corrected chi connectivity index (χ1v) is 6.94. The van der Waals surface area contributed by atoms with Crippen LogP contribution < -0.4 is 5.32 Å². The van der Waals surface area contributed by atoms with Crippen molar-refractivity contribution in [2.75, 3.05) is 19.6 Å². The van der Waals surface area contributed by atoms with Gasteiger partial charge in [0.2, 0.25) is 5.91 Å². The first-order chi connectivity index (χ1) is 8.70. The van der Waals surface area contributed by atoms with E-state index in [4.69, 9.17) is 0 Å². The number of carboxylic acids is 1. The van der Waals surface area contributed by atoms with Crippen LogP contribution in [0.3, 0.4) is 0 Å². The van der Waals surface area contributed by atoms with Crippen molar-refractivity contribution in [3.63, 3.8) is 0 Å². The molecule has 1 unspecified atom stereocenters. The summed E-state index contributed by atoms with van der Waals surface area (Å²) in [6, 6.07) is -0.609. The number of nitrogens with zero attached hydrogens (tertiary/aromatic N) is 1. The molecule has 2 N–H and O–H groups in total. The highest BCUT2D eigenvalue weighted by Crippen LogP contribution is 2.21. The molecule has 0 bridgehead atoms. The Morgan fingerprint density at radius 2 is 1.94 bits per heavy atom. The fourth-order valence-corrected chi connectivity index (χ4v) is 2.93. The summed E-state index contributed by atoms with van der Waals surface area (Å²) in [5.41, 5.74) is 0. The van der Waals surface area contributed by atoms with E-state index in [0.717, 1.165) is 38.6 Å². The van der Waals surface area contributed by atoms with Crippen LogP contribution in [0, 0.1) is 5.92 Å². The Bertz CT molecular complexity index is 313. The summed E-state index contributed by atoms with van der Waals surface area (Å²) in [5.74, 6) is -0.843. The summed E-state index contributed by atoms with van der Waals surface area (Å²) in [5, 5.41) is 12.5. The highest BCUT2D eigenvalue weighted by Gasteiger charge is 2.34. The lowest BCUT2D eigenvalue weighted by molar-refractivity contribution is -0.152. The molecular formula is C13H22N2O3. The molecule has 0 aromatic carbocycles. The molecule has 1 amide bonds. The lowest BCUT2D eigenvalue weighted by Crippen LogP contribution is -2.50. The van der Waals surface area contributed by atoms with Crippen molar-refractivity contribution in [3.8, 4) is 0 Å². The van der Waals surface area contributed by atoms with Gasteiger partial charge in [-0.3, -0.25) is 4.79 Å². The zero-order valence-electron chi connectivity index (χ0n) is 10.7. The predicted molar refractivity (Wildman–Crippen MR) is 67.2 cm³/mol. The van der Waals surface area contributed by atoms with Crippen molar-refractivity contribution in [1.82, 2.24) is 10.2 Å². The number of aliphatic carboxylic acids is 1. The summed E-state index contributed by atoms with van der Waals surface area (Å²) in [6.45, 7) is 2.26. The van der Waals surface area contributed by atoms with Gasteiger partial charge >= 0.3 is 5.97 Å². The topological polar surface area (TPSA) is 69.6 Å². The molecule has 0 spiro atoms. The molecule has 2 heterocycles. The standard InChI is InChI=1S/C13H22N2O3/c16-12(10-5-4-7-14-9-10)15-8-3-1-2-6-11(15)13(17)18/h10-11,14H,1-9H2,(H,17,18)/t10-,11?/m0/s1. The van der Waals surface area contributed by atoms with Gasteiger partial charge in [0.25, 0.3) is 0 Å². The van der Waals surface area contributed by atoms with Gasteiger partial charge in [-0.1, -0.05) is 12.8 Å². The van der Waals surface area contributed by atoms with Crippen molar-refractivity contribution < 1.29 is 14.7 Å². The highest BCUT2D eigenvalue weighted by atomic mass is 16.4. The van der Waals surface area contributed by atoms with E-state index >= 15 is 0 Å². The van der Waals surface area contributed by atoms with Crippen molar-refractivity contribution >= 4 is 11.9 Å². The quantitative estimate of drug-likeness (QED) is 0.766. The molecule has 0 aliphatic carbocycles. The number of nitrogens with one attached hydrogen (secondary N) is 1. The number of hydrogen-bond donors (Lipinski definition) is 2. The number of piperidine rings is 1. The van der Waals surface area contributed by atoms with E-state index in [2.05, 4.69) is 5.32 Å². The molecule has 18 heavy (non-hydrogen) atoms. The van der Waals surface area contributed by atoms with Crippen LogP contribution in [-0.2, 0) is 9.59 Å². The number of carboxylic acid groups (broad SMARTS) is 1. The SMILES string of the molecule is O=C(O)C1CCCCCN1C(=O)[C@H]1CCCNC1. The molecule has 0 aromatic rings. The molecule has 5 heteroatoms. The third-order valence-electron chi connectivity index (χ3n) is 3.97. The molecule has 2 fully saturated rings. The molecule has 2 atom stereocenters. The highest BCUT2D eigenvalue weighted by molar-refractivity contribution is 5.85. The van der Waals surface area contributed by atoms with E-state index in [9.17, 15) is 14.7 Å². The Morgan fingerprint density at radius 3 is 2.61 bits per heavy atom. The molecular weight excluding hydrogens is 232 g/mol. The molecule has 2 aliphatic rings. The smallest absolute Gasteiger partial charge is 0.326 e. The first-order valence-electron chi connectivity index (χ1n) is 6.94. The van der Waals surface area contributed by atoms with E-state index in [1.165, 1.54) is 0 Å². The average molecular weight is 254 g/mol. The van der Waals surface area contributed by atoms with E-state index < -0.39 is 12.0 Å². The Labute approximate surface area is 108 Å². The number of likely N-dealkylation sites (tertiary alicyclic amines) is 1. The Kier molecular flexibility index (Phi) is 4.58. The van der Waals surface area contributed by atoms with Gasteiger partial charge in [-0.15, -0.1) is 0 Å². The van der Waals surface area contributed by atoms with Crippen molar-refractivity contribution in [1.29, 1.82) is 0 Å². The minimum Gasteiger partial charge on any atom is -0.480 e. The molecule has 2 aliphatic heterocycles. The molecule has 0 aromatic heterocycles. The first kappa shape index (κ1) is 13.3. The van der Waals surface area contributed by atoms with Gasteiger partial charge in [0.05, 0.1) is 5.92 Å². The van der Waals surface area contributed by atoms with E-state index in [1.54, 1.807) is 4.90 Å². The van der Waals surface area contributed by atoms with Crippen LogP contribution >= 0.6 is 0 Å².